The molecule has 1 saturated heterocycles. The van der Waals surface area contributed by atoms with E-state index in [0.29, 0.717) is 5.56 Å². The first-order valence-corrected chi connectivity index (χ1v) is 6.99. The second kappa shape index (κ2) is 4.98. The fourth-order valence-corrected chi connectivity index (χ4v) is 2.70. The van der Waals surface area contributed by atoms with Crippen molar-refractivity contribution in [3.63, 3.8) is 0 Å². The van der Waals surface area contributed by atoms with E-state index in [-0.39, 0.29) is 18.7 Å². The fourth-order valence-electron chi connectivity index (χ4n) is 2.70. The highest BCUT2D eigenvalue weighted by molar-refractivity contribution is 5.70. The molecule has 5 heteroatoms. The van der Waals surface area contributed by atoms with E-state index < -0.39 is 23.1 Å². The van der Waals surface area contributed by atoms with Gasteiger partial charge >= 0.3 is 6.09 Å². The largest absolute Gasteiger partial charge is 0.444 e. The van der Waals surface area contributed by atoms with Gasteiger partial charge in [-0.15, -0.1) is 0 Å². The highest BCUT2D eigenvalue weighted by Crippen LogP contribution is 2.36. The van der Waals surface area contributed by atoms with Gasteiger partial charge in [-0.1, -0.05) is 6.07 Å². The summed E-state index contributed by atoms with van der Waals surface area (Å²) in [6.07, 6.45) is -0.489. The number of benzene rings is 1. The molecule has 116 valence electrons. The Morgan fingerprint density at radius 1 is 1.33 bits per heavy atom. The van der Waals surface area contributed by atoms with E-state index in [2.05, 4.69) is 0 Å². The molecule has 0 aromatic heterocycles. The third-order valence-electron chi connectivity index (χ3n) is 3.45. The summed E-state index contributed by atoms with van der Waals surface area (Å²) in [6.45, 7) is 8.99. The number of nitrogens with zero attached hydrogens (tertiary/aromatic N) is 1. The molecule has 1 fully saturated rings. The van der Waals surface area contributed by atoms with Crippen LogP contribution < -0.4 is 0 Å². The predicted octanol–water partition coefficient (Wildman–Crippen LogP) is 2.88. The molecule has 0 spiro atoms. The Kier molecular flexibility index (Phi) is 3.74. The van der Waals surface area contributed by atoms with Crippen LogP contribution in [0.2, 0.25) is 0 Å². The Balaban J connectivity index is 2.14. The number of hydrogen-bond acceptors (Lipinski definition) is 3. The van der Waals surface area contributed by atoms with E-state index in [9.17, 15) is 14.3 Å². The number of hydrogen-bond donors (Lipinski definition) is 1. The number of halogens is 1. The van der Waals surface area contributed by atoms with Crippen molar-refractivity contribution in [1.82, 2.24) is 4.90 Å². The zero-order valence-corrected chi connectivity index (χ0v) is 13.2. The van der Waals surface area contributed by atoms with E-state index in [1.165, 1.54) is 11.0 Å². The summed E-state index contributed by atoms with van der Waals surface area (Å²) in [5.41, 5.74) is -0.151. The van der Waals surface area contributed by atoms with Gasteiger partial charge in [0, 0.05) is 5.56 Å². The van der Waals surface area contributed by atoms with Crippen LogP contribution in [0.1, 0.15) is 37.5 Å². The number of likely N-dealkylation sites (tertiary alicyclic amines) is 1. The number of amides is 1. The minimum absolute atomic E-state index is 0.0444. The van der Waals surface area contributed by atoms with Gasteiger partial charge in [0.05, 0.1) is 13.1 Å². The molecule has 0 unspecified atom stereocenters. The maximum absolute atomic E-state index is 14.1. The van der Waals surface area contributed by atoms with Crippen LogP contribution >= 0.6 is 0 Å². The normalized spacial score (nSPS) is 17.4. The molecule has 2 rings (SSSR count). The molecule has 1 aromatic rings. The van der Waals surface area contributed by atoms with Gasteiger partial charge in [0.25, 0.3) is 0 Å². The van der Waals surface area contributed by atoms with Gasteiger partial charge in [0.2, 0.25) is 0 Å². The summed E-state index contributed by atoms with van der Waals surface area (Å²) in [5, 5.41) is 10.6. The van der Waals surface area contributed by atoms with Crippen LogP contribution in [0.5, 0.6) is 0 Å². The number of β-amino-alcohol motifs (C(OH)–C–C–N with tert-alkyl or cyclic N) is 1. The van der Waals surface area contributed by atoms with Gasteiger partial charge in [0.1, 0.15) is 17.0 Å². The van der Waals surface area contributed by atoms with Gasteiger partial charge in [-0.05, 0) is 51.8 Å². The van der Waals surface area contributed by atoms with Crippen molar-refractivity contribution in [3.05, 3.63) is 34.6 Å². The minimum atomic E-state index is -1.33. The molecule has 0 bridgehead atoms. The molecule has 1 aliphatic heterocycles. The van der Waals surface area contributed by atoms with Crippen LogP contribution in [0.25, 0.3) is 0 Å². The lowest BCUT2D eigenvalue weighted by Crippen LogP contribution is -2.62. The van der Waals surface area contributed by atoms with Crippen molar-refractivity contribution < 1.29 is 19.0 Å². The van der Waals surface area contributed by atoms with Crippen LogP contribution in [0.4, 0.5) is 9.18 Å². The second-order valence-corrected chi connectivity index (χ2v) is 6.81. The van der Waals surface area contributed by atoms with Crippen LogP contribution in [0.15, 0.2) is 12.1 Å². The summed E-state index contributed by atoms with van der Waals surface area (Å²) in [6, 6.07) is 3.23. The number of rotatable bonds is 1. The van der Waals surface area contributed by atoms with Crippen molar-refractivity contribution in [2.24, 2.45) is 0 Å². The molecule has 0 aliphatic carbocycles. The summed E-state index contributed by atoms with van der Waals surface area (Å²) in [5.74, 6) is -0.432. The average molecular weight is 295 g/mol. The SMILES string of the molecule is Cc1cc(C)c(C2(O)CN(C(=O)OC(C)(C)C)C2)c(F)c1. The van der Waals surface area contributed by atoms with Gasteiger partial charge in [-0.2, -0.15) is 0 Å². The lowest BCUT2D eigenvalue weighted by atomic mass is 9.83. The molecule has 1 aliphatic rings. The lowest BCUT2D eigenvalue weighted by Gasteiger charge is -2.47. The molecular weight excluding hydrogens is 273 g/mol. The Labute approximate surface area is 124 Å². The van der Waals surface area contributed by atoms with Gasteiger partial charge in [0.15, 0.2) is 0 Å². The Morgan fingerprint density at radius 2 is 1.90 bits per heavy atom. The molecule has 1 amide bonds. The summed E-state index contributed by atoms with van der Waals surface area (Å²) in [7, 11) is 0. The monoisotopic (exact) mass is 295 g/mol. The zero-order chi connectivity index (χ0) is 16.0. The van der Waals surface area contributed by atoms with Crippen molar-refractivity contribution in [3.8, 4) is 0 Å². The van der Waals surface area contributed by atoms with Crippen molar-refractivity contribution in [2.45, 2.75) is 45.8 Å². The van der Waals surface area contributed by atoms with Crippen molar-refractivity contribution in [1.29, 1.82) is 0 Å². The van der Waals surface area contributed by atoms with Crippen LogP contribution in [0, 0.1) is 19.7 Å². The van der Waals surface area contributed by atoms with Gasteiger partial charge in [-0.25, -0.2) is 9.18 Å². The topological polar surface area (TPSA) is 49.8 Å². The molecule has 1 N–H and O–H groups in total. The van der Waals surface area contributed by atoms with Crippen molar-refractivity contribution >= 4 is 6.09 Å². The highest BCUT2D eigenvalue weighted by atomic mass is 19.1. The van der Waals surface area contributed by atoms with E-state index in [1.54, 1.807) is 34.6 Å². The zero-order valence-electron chi connectivity index (χ0n) is 13.2. The molecule has 0 atom stereocenters. The molecule has 0 radical (unpaired) electrons. The van der Waals surface area contributed by atoms with Crippen LogP contribution in [-0.4, -0.2) is 34.8 Å². The number of carbonyl (C=O) groups is 1. The standard InChI is InChI=1S/C16H22FNO3/c1-10-6-11(2)13(12(17)7-10)16(20)8-18(9-16)14(19)21-15(3,4)5/h6-7,20H,8-9H2,1-5H3. The van der Waals surface area contributed by atoms with Crippen molar-refractivity contribution in [2.75, 3.05) is 13.1 Å². The smallest absolute Gasteiger partial charge is 0.410 e. The molecule has 4 nitrogen and oxygen atoms in total. The number of carbonyl (C=O) groups excluding carboxylic acids is 1. The van der Waals surface area contributed by atoms with E-state index in [1.807, 2.05) is 6.07 Å². The average Bonchev–Trinajstić information content (AvgIpc) is 2.21. The predicted molar refractivity (Wildman–Crippen MR) is 77.6 cm³/mol. The minimum Gasteiger partial charge on any atom is -0.444 e. The number of ether oxygens (including phenoxy) is 1. The second-order valence-electron chi connectivity index (χ2n) is 6.81. The van der Waals surface area contributed by atoms with Crippen LogP contribution in [0.3, 0.4) is 0 Å². The highest BCUT2D eigenvalue weighted by Gasteiger charge is 2.48. The number of aliphatic hydroxyl groups is 1. The first kappa shape index (κ1) is 15.8. The van der Waals surface area contributed by atoms with Crippen LogP contribution in [-0.2, 0) is 10.3 Å². The maximum atomic E-state index is 14.1. The quantitative estimate of drug-likeness (QED) is 0.866. The summed E-state index contributed by atoms with van der Waals surface area (Å²) in [4.78, 5) is 13.3. The van der Waals surface area contributed by atoms with E-state index >= 15 is 0 Å². The van der Waals surface area contributed by atoms with E-state index in [0.717, 1.165) is 5.56 Å². The maximum Gasteiger partial charge on any atom is 0.410 e. The lowest BCUT2D eigenvalue weighted by molar-refractivity contribution is -0.105. The Hall–Kier alpha value is -1.62. The Morgan fingerprint density at radius 3 is 2.38 bits per heavy atom. The molecule has 21 heavy (non-hydrogen) atoms. The molecule has 0 saturated carbocycles. The first-order chi connectivity index (χ1) is 9.52. The third kappa shape index (κ3) is 3.18. The van der Waals surface area contributed by atoms with Gasteiger partial charge < -0.3 is 14.7 Å². The van der Waals surface area contributed by atoms with Gasteiger partial charge in [-0.3, -0.25) is 0 Å². The number of aryl methyl sites for hydroxylation is 2. The fraction of sp³-hybridized carbons (Fsp3) is 0.562. The molecule has 1 heterocycles. The van der Waals surface area contributed by atoms with E-state index in [4.69, 9.17) is 4.74 Å². The third-order valence-corrected chi connectivity index (χ3v) is 3.45. The molecule has 1 aromatic carbocycles. The molecular formula is C16H22FNO3. The summed E-state index contributed by atoms with van der Waals surface area (Å²) < 4.78 is 19.4. The summed E-state index contributed by atoms with van der Waals surface area (Å²) >= 11 is 0. The first-order valence-electron chi connectivity index (χ1n) is 6.99. The Bertz CT molecular complexity index is 548.